The highest BCUT2D eigenvalue weighted by Gasteiger charge is 2.46. The molecular weight excluding hydrogens is 232 g/mol. The van der Waals surface area contributed by atoms with Crippen LogP contribution in [-0.2, 0) is 4.79 Å². The molecule has 4 aliphatic carbocycles. The predicted molar refractivity (Wildman–Crippen MR) is 76.7 cm³/mol. The van der Waals surface area contributed by atoms with Gasteiger partial charge in [-0.3, -0.25) is 4.79 Å². The second kappa shape index (κ2) is 3.94. The zero-order valence-electron chi connectivity index (χ0n) is 11.7. The minimum Gasteiger partial charge on any atom is -0.295 e. The lowest BCUT2D eigenvalue weighted by atomic mass is 9.61. The quantitative estimate of drug-likeness (QED) is 0.628. The molecule has 1 nitrogen and oxygen atoms in total. The Morgan fingerprint density at radius 3 is 3.00 bits per heavy atom. The number of carbonyl (C=O) groups excluding carboxylic acids is 1. The molecule has 100 valence electrons. The second-order valence-corrected chi connectivity index (χ2v) is 7.05. The monoisotopic (exact) mass is 254 g/mol. The molecule has 3 atom stereocenters. The summed E-state index contributed by atoms with van der Waals surface area (Å²) < 4.78 is 0. The summed E-state index contributed by atoms with van der Waals surface area (Å²) in [6, 6.07) is 0. The maximum Gasteiger partial charge on any atom is 0.156 e. The molecule has 0 unspecified atom stereocenters. The fourth-order valence-corrected chi connectivity index (χ4v) is 5.01. The van der Waals surface area contributed by atoms with Gasteiger partial charge in [-0.25, -0.2) is 0 Å². The van der Waals surface area contributed by atoms with Crippen LogP contribution in [0.25, 0.3) is 0 Å². The number of carbonyl (C=O) groups is 1. The number of hydrogen-bond donors (Lipinski definition) is 0. The van der Waals surface area contributed by atoms with E-state index in [0.29, 0.717) is 11.2 Å². The van der Waals surface area contributed by atoms with E-state index in [9.17, 15) is 4.79 Å². The maximum absolute atomic E-state index is 11.6. The first-order valence-corrected chi connectivity index (χ1v) is 7.83. The Hall–Kier alpha value is -1.11. The molecule has 19 heavy (non-hydrogen) atoms. The van der Waals surface area contributed by atoms with Gasteiger partial charge in [0.05, 0.1) is 0 Å². The number of hydrogen-bond acceptors (Lipinski definition) is 1. The van der Waals surface area contributed by atoms with Crippen LogP contribution in [0.15, 0.2) is 34.9 Å². The van der Waals surface area contributed by atoms with Crippen LogP contribution >= 0.6 is 0 Å². The van der Waals surface area contributed by atoms with Crippen LogP contribution in [0.3, 0.4) is 0 Å². The smallest absolute Gasteiger partial charge is 0.156 e. The van der Waals surface area contributed by atoms with E-state index in [4.69, 9.17) is 0 Å². The first kappa shape index (κ1) is 11.7. The SMILES string of the molecule is C[C@]12C=CC3=C4CCC(=O)C=C4CC[C@H]3[C@@H]1CCC2. The first-order chi connectivity index (χ1) is 9.17. The molecule has 0 spiro atoms. The molecule has 0 aromatic rings. The Labute approximate surface area is 115 Å². The van der Waals surface area contributed by atoms with E-state index in [1.807, 2.05) is 6.08 Å². The summed E-state index contributed by atoms with van der Waals surface area (Å²) >= 11 is 0. The molecule has 0 radical (unpaired) electrons. The molecule has 0 N–H and O–H groups in total. The summed E-state index contributed by atoms with van der Waals surface area (Å²) in [7, 11) is 0. The van der Waals surface area contributed by atoms with Gasteiger partial charge in [0.1, 0.15) is 0 Å². The third-order valence-corrected chi connectivity index (χ3v) is 6.02. The van der Waals surface area contributed by atoms with Crippen molar-refractivity contribution in [2.24, 2.45) is 17.3 Å². The van der Waals surface area contributed by atoms with Gasteiger partial charge in [-0.1, -0.05) is 25.5 Å². The van der Waals surface area contributed by atoms with Gasteiger partial charge in [-0.15, -0.1) is 0 Å². The molecule has 4 rings (SSSR count). The standard InChI is InChI=1S/C18H22O/c1-18-9-2-3-17(18)16-6-4-12-11-13(19)5-7-14(12)15(16)8-10-18/h8,10-11,16-17H,2-7,9H2,1H3/t16-,17+,18+/m1/s1. The molecule has 1 saturated carbocycles. The zero-order chi connectivity index (χ0) is 13.0. The molecule has 1 heteroatoms. The van der Waals surface area contributed by atoms with Gasteiger partial charge in [-0.05, 0) is 72.2 Å². The molecule has 0 aliphatic heterocycles. The summed E-state index contributed by atoms with van der Waals surface area (Å²) in [5.41, 5.74) is 4.93. The molecule has 0 aromatic heterocycles. The van der Waals surface area contributed by atoms with E-state index in [0.717, 1.165) is 31.1 Å². The van der Waals surface area contributed by atoms with Crippen LogP contribution in [0.4, 0.5) is 0 Å². The van der Waals surface area contributed by atoms with Gasteiger partial charge in [0.2, 0.25) is 0 Å². The Bertz CT molecular complexity index is 534. The average Bonchev–Trinajstić information content (AvgIpc) is 2.79. The van der Waals surface area contributed by atoms with E-state index in [-0.39, 0.29) is 0 Å². The van der Waals surface area contributed by atoms with Gasteiger partial charge in [-0.2, -0.15) is 0 Å². The van der Waals surface area contributed by atoms with Crippen LogP contribution in [0.1, 0.15) is 51.9 Å². The van der Waals surface area contributed by atoms with Crippen molar-refractivity contribution in [3.8, 4) is 0 Å². The van der Waals surface area contributed by atoms with Crippen LogP contribution in [-0.4, -0.2) is 5.78 Å². The largest absolute Gasteiger partial charge is 0.295 e. The van der Waals surface area contributed by atoms with Crippen LogP contribution in [0, 0.1) is 17.3 Å². The van der Waals surface area contributed by atoms with Crippen molar-refractivity contribution < 1.29 is 4.79 Å². The Balaban J connectivity index is 1.82. The minimum atomic E-state index is 0.336. The molecule has 4 aliphatic rings. The summed E-state index contributed by atoms with van der Waals surface area (Å²) in [4.78, 5) is 11.6. The van der Waals surface area contributed by atoms with E-state index < -0.39 is 0 Å². The van der Waals surface area contributed by atoms with Crippen LogP contribution in [0.2, 0.25) is 0 Å². The number of allylic oxidation sites excluding steroid dienone is 6. The van der Waals surface area contributed by atoms with Crippen molar-refractivity contribution in [1.29, 1.82) is 0 Å². The maximum atomic E-state index is 11.6. The Kier molecular flexibility index (Phi) is 2.43. The van der Waals surface area contributed by atoms with Gasteiger partial charge >= 0.3 is 0 Å². The van der Waals surface area contributed by atoms with Crippen molar-refractivity contribution in [2.45, 2.75) is 51.9 Å². The fraction of sp³-hybridized carbons (Fsp3) is 0.611. The highest BCUT2D eigenvalue weighted by atomic mass is 16.1. The average molecular weight is 254 g/mol. The minimum absolute atomic E-state index is 0.336. The van der Waals surface area contributed by atoms with Gasteiger partial charge in [0, 0.05) is 6.42 Å². The van der Waals surface area contributed by atoms with Gasteiger partial charge < -0.3 is 0 Å². The van der Waals surface area contributed by atoms with Crippen molar-refractivity contribution in [3.63, 3.8) is 0 Å². The Morgan fingerprint density at radius 2 is 2.11 bits per heavy atom. The van der Waals surface area contributed by atoms with Crippen molar-refractivity contribution in [2.75, 3.05) is 0 Å². The molecular formula is C18H22O. The van der Waals surface area contributed by atoms with Crippen molar-refractivity contribution in [1.82, 2.24) is 0 Å². The highest BCUT2D eigenvalue weighted by molar-refractivity contribution is 5.93. The van der Waals surface area contributed by atoms with Crippen LogP contribution < -0.4 is 0 Å². The lowest BCUT2D eigenvalue weighted by molar-refractivity contribution is -0.114. The Morgan fingerprint density at radius 1 is 1.21 bits per heavy atom. The number of ketones is 1. The zero-order valence-corrected chi connectivity index (χ0v) is 11.7. The summed E-state index contributed by atoms with van der Waals surface area (Å²) in [6.07, 6.45) is 15.1. The molecule has 0 saturated heterocycles. The van der Waals surface area contributed by atoms with E-state index in [2.05, 4.69) is 19.1 Å². The van der Waals surface area contributed by atoms with Crippen molar-refractivity contribution in [3.05, 3.63) is 34.9 Å². The van der Waals surface area contributed by atoms with E-state index in [1.54, 1.807) is 5.57 Å². The summed E-state index contributed by atoms with van der Waals surface area (Å²) in [5.74, 6) is 1.97. The summed E-state index contributed by atoms with van der Waals surface area (Å²) in [6.45, 7) is 2.46. The first-order valence-electron chi connectivity index (χ1n) is 7.83. The van der Waals surface area contributed by atoms with Crippen LogP contribution in [0.5, 0.6) is 0 Å². The molecule has 1 fully saturated rings. The lowest BCUT2D eigenvalue weighted by Crippen LogP contribution is -2.33. The van der Waals surface area contributed by atoms with Gasteiger partial charge in [0.25, 0.3) is 0 Å². The van der Waals surface area contributed by atoms with Crippen molar-refractivity contribution >= 4 is 5.78 Å². The number of rotatable bonds is 0. The third kappa shape index (κ3) is 1.63. The predicted octanol–water partition coefficient (Wildman–Crippen LogP) is 4.36. The van der Waals surface area contributed by atoms with Gasteiger partial charge in [0.15, 0.2) is 5.78 Å². The van der Waals surface area contributed by atoms with E-state index in [1.165, 1.54) is 36.8 Å². The topological polar surface area (TPSA) is 17.1 Å². The summed E-state index contributed by atoms with van der Waals surface area (Å²) in [5, 5.41) is 0. The van der Waals surface area contributed by atoms with E-state index >= 15 is 0 Å². The molecule has 0 heterocycles. The lowest BCUT2D eigenvalue weighted by Gasteiger charge is -2.43. The fourth-order valence-electron chi connectivity index (χ4n) is 5.01. The molecule has 0 aromatic carbocycles. The number of fused-ring (bicyclic) bond motifs is 4. The normalized spacial score (nSPS) is 40.7. The second-order valence-electron chi connectivity index (χ2n) is 7.05. The third-order valence-electron chi connectivity index (χ3n) is 6.02. The molecule has 0 bridgehead atoms. The molecule has 0 amide bonds. The highest BCUT2D eigenvalue weighted by Crippen LogP contribution is 2.56.